The second kappa shape index (κ2) is 12.3. The van der Waals surface area contributed by atoms with Gasteiger partial charge in [0.25, 0.3) is 0 Å². The average molecular weight is 698 g/mol. The number of nitrogens with zero attached hydrogens (tertiary/aromatic N) is 1. The highest BCUT2D eigenvalue weighted by atomic mass is 16.5. The Morgan fingerprint density at radius 2 is 1.67 bits per heavy atom. The Morgan fingerprint density at radius 1 is 0.961 bits per heavy atom. The molecule has 1 aromatic carbocycles. The number of aryl methyl sites for hydroxylation is 2. The topological polar surface area (TPSA) is 89.6 Å². The van der Waals surface area contributed by atoms with Gasteiger partial charge in [0.2, 0.25) is 5.89 Å². The van der Waals surface area contributed by atoms with Gasteiger partial charge in [-0.1, -0.05) is 82.5 Å². The van der Waals surface area contributed by atoms with Gasteiger partial charge < -0.3 is 14.3 Å². The van der Waals surface area contributed by atoms with Crippen LogP contribution in [-0.2, 0) is 19.7 Å². The molecule has 51 heavy (non-hydrogen) atoms. The maximum atomic E-state index is 13.0. The SMILES string of the molecule is Cc1ccc(-c2oc(C34CCC(C(C)C)=C3C3CCC5C6(C)CCC(OC(=O)CC(C)(C)C(=O)O)C(C)C6CCC5(C)C3(C)CC4)nc2C)cc1. The van der Waals surface area contributed by atoms with Crippen LogP contribution in [0.5, 0.6) is 0 Å². The molecule has 7 rings (SSSR count). The Labute approximate surface area is 306 Å². The standard InChI is InChI=1S/C45H63NO5/c1-26(2)31-17-22-45(39-46-29(5)38(51-39)30-13-11-27(3)12-14-30)24-23-43(9)33(37(31)45)15-16-35-42(8)20-19-34(28(4)32(42)18-21-44(35,43)10)50-36(47)25-41(6,7)40(48)49/h11-14,26,28,32-35H,15-25H2,1-10H3,(H,48,49). The van der Waals surface area contributed by atoms with Crippen LogP contribution in [0.3, 0.4) is 0 Å². The van der Waals surface area contributed by atoms with Gasteiger partial charge in [0.15, 0.2) is 5.76 Å². The second-order valence-electron chi connectivity index (χ2n) is 19.4. The van der Waals surface area contributed by atoms with E-state index >= 15 is 0 Å². The molecule has 0 aliphatic heterocycles. The summed E-state index contributed by atoms with van der Waals surface area (Å²) in [5.41, 5.74) is 6.06. The monoisotopic (exact) mass is 697 g/mol. The molecule has 0 bridgehead atoms. The molecule has 1 aromatic heterocycles. The summed E-state index contributed by atoms with van der Waals surface area (Å²) in [6.45, 7) is 22.5. The quantitative estimate of drug-likeness (QED) is 0.229. The highest BCUT2D eigenvalue weighted by molar-refractivity contribution is 5.81. The number of carbonyl (C=O) groups is 2. The van der Waals surface area contributed by atoms with Gasteiger partial charge in [-0.05, 0) is 138 Å². The van der Waals surface area contributed by atoms with Gasteiger partial charge in [0.1, 0.15) is 6.10 Å². The van der Waals surface area contributed by atoms with Crippen LogP contribution in [0.2, 0.25) is 0 Å². The zero-order valence-corrected chi connectivity index (χ0v) is 33.1. The molecule has 5 aliphatic carbocycles. The molecule has 6 heteroatoms. The summed E-state index contributed by atoms with van der Waals surface area (Å²) in [5.74, 6) is 2.94. The molecule has 9 atom stereocenters. The summed E-state index contributed by atoms with van der Waals surface area (Å²) >= 11 is 0. The third kappa shape index (κ3) is 5.41. The van der Waals surface area contributed by atoms with E-state index < -0.39 is 11.4 Å². The fourth-order valence-electron chi connectivity index (χ4n) is 13.0. The van der Waals surface area contributed by atoms with E-state index in [4.69, 9.17) is 14.1 Å². The highest BCUT2D eigenvalue weighted by Crippen LogP contribution is 2.76. The van der Waals surface area contributed by atoms with Crippen LogP contribution in [0, 0.1) is 65.1 Å². The molecule has 9 unspecified atom stereocenters. The Kier molecular flexibility index (Phi) is 8.82. The summed E-state index contributed by atoms with van der Waals surface area (Å²) in [4.78, 5) is 30.0. The lowest BCUT2D eigenvalue weighted by atomic mass is 9.34. The molecule has 0 spiro atoms. The van der Waals surface area contributed by atoms with E-state index in [1.165, 1.54) is 31.2 Å². The number of fused-ring (bicyclic) bond motifs is 7. The van der Waals surface area contributed by atoms with Crippen LogP contribution in [0.4, 0.5) is 0 Å². The first-order valence-electron chi connectivity index (χ1n) is 20.1. The van der Waals surface area contributed by atoms with Crippen molar-refractivity contribution in [3.8, 4) is 11.3 Å². The zero-order chi connectivity index (χ0) is 36.9. The maximum absolute atomic E-state index is 13.0. The molecule has 0 amide bonds. The van der Waals surface area contributed by atoms with E-state index in [9.17, 15) is 14.7 Å². The lowest BCUT2D eigenvalue weighted by molar-refractivity contribution is -0.214. The average Bonchev–Trinajstić information content (AvgIpc) is 3.65. The Bertz CT molecular complexity index is 1730. The number of hydrogen-bond donors (Lipinski definition) is 1. The first-order valence-corrected chi connectivity index (χ1v) is 20.1. The second-order valence-corrected chi connectivity index (χ2v) is 19.4. The lowest BCUT2D eigenvalue weighted by Crippen LogP contribution is -2.64. The number of hydrogen-bond acceptors (Lipinski definition) is 5. The number of ether oxygens (including phenoxy) is 1. The molecule has 1 heterocycles. The van der Waals surface area contributed by atoms with E-state index in [0.717, 1.165) is 61.4 Å². The van der Waals surface area contributed by atoms with E-state index in [1.54, 1.807) is 25.0 Å². The lowest BCUT2D eigenvalue weighted by Gasteiger charge is -2.71. The fraction of sp³-hybridized carbons (Fsp3) is 0.711. The van der Waals surface area contributed by atoms with Crippen molar-refractivity contribution in [3.05, 3.63) is 52.6 Å². The van der Waals surface area contributed by atoms with E-state index in [2.05, 4.69) is 79.7 Å². The molecular weight excluding hydrogens is 634 g/mol. The third-order valence-corrected chi connectivity index (χ3v) is 16.2. The summed E-state index contributed by atoms with van der Waals surface area (Å²) < 4.78 is 13.0. The van der Waals surface area contributed by atoms with Gasteiger partial charge in [-0.25, -0.2) is 4.98 Å². The van der Waals surface area contributed by atoms with Crippen LogP contribution in [0.15, 0.2) is 39.8 Å². The molecule has 1 N–H and O–H groups in total. The predicted octanol–water partition coefficient (Wildman–Crippen LogP) is 11.0. The van der Waals surface area contributed by atoms with Crippen molar-refractivity contribution in [2.45, 2.75) is 151 Å². The van der Waals surface area contributed by atoms with Gasteiger partial charge in [-0.3, -0.25) is 9.59 Å². The molecule has 0 radical (unpaired) electrons. The number of allylic oxidation sites excluding steroid dienone is 2. The molecule has 0 saturated heterocycles. The number of rotatable bonds is 7. The van der Waals surface area contributed by atoms with E-state index in [1.807, 2.05) is 0 Å². The number of aromatic nitrogens is 1. The molecular formula is C45H63NO5. The van der Waals surface area contributed by atoms with Crippen molar-refractivity contribution in [1.29, 1.82) is 0 Å². The molecule has 2 aromatic rings. The van der Waals surface area contributed by atoms with Crippen LogP contribution in [0.1, 0.15) is 143 Å². The molecule has 278 valence electrons. The first-order chi connectivity index (χ1) is 23.9. The van der Waals surface area contributed by atoms with Crippen molar-refractivity contribution in [2.24, 2.45) is 51.2 Å². The number of carboxylic acids is 1. The minimum Gasteiger partial charge on any atom is -0.481 e. The molecule has 4 fully saturated rings. The number of aliphatic carboxylic acids is 1. The van der Waals surface area contributed by atoms with Crippen LogP contribution < -0.4 is 0 Å². The Balaban J connectivity index is 1.18. The largest absolute Gasteiger partial charge is 0.481 e. The van der Waals surface area contributed by atoms with Gasteiger partial charge in [-0.15, -0.1) is 0 Å². The van der Waals surface area contributed by atoms with Gasteiger partial charge in [-0.2, -0.15) is 0 Å². The van der Waals surface area contributed by atoms with Crippen molar-refractivity contribution in [3.63, 3.8) is 0 Å². The Hall–Kier alpha value is -2.89. The molecule has 5 aliphatic rings. The van der Waals surface area contributed by atoms with Crippen molar-refractivity contribution >= 4 is 11.9 Å². The molecule has 4 saturated carbocycles. The Morgan fingerprint density at radius 3 is 2.33 bits per heavy atom. The van der Waals surface area contributed by atoms with Crippen molar-refractivity contribution in [1.82, 2.24) is 4.98 Å². The summed E-state index contributed by atoms with van der Waals surface area (Å²) in [6, 6.07) is 8.67. The van der Waals surface area contributed by atoms with E-state index in [-0.39, 0.29) is 46.1 Å². The number of benzene rings is 1. The normalized spacial score (nSPS) is 37.7. The number of carboxylic acid groups (broad SMARTS) is 1. The van der Waals surface area contributed by atoms with Gasteiger partial charge in [0.05, 0.1) is 22.9 Å². The van der Waals surface area contributed by atoms with Crippen molar-refractivity contribution in [2.75, 3.05) is 0 Å². The number of esters is 1. The first kappa shape index (κ1) is 36.5. The van der Waals surface area contributed by atoms with E-state index in [0.29, 0.717) is 23.7 Å². The maximum Gasteiger partial charge on any atom is 0.309 e. The van der Waals surface area contributed by atoms with Crippen LogP contribution >= 0.6 is 0 Å². The molecule has 6 nitrogen and oxygen atoms in total. The van der Waals surface area contributed by atoms with Crippen LogP contribution in [-0.4, -0.2) is 28.1 Å². The third-order valence-electron chi connectivity index (χ3n) is 16.2. The summed E-state index contributed by atoms with van der Waals surface area (Å²) in [7, 11) is 0. The highest BCUT2D eigenvalue weighted by Gasteiger charge is 2.69. The number of oxazole rings is 1. The number of carbonyl (C=O) groups excluding carboxylic acids is 1. The predicted molar refractivity (Wildman–Crippen MR) is 201 cm³/mol. The smallest absolute Gasteiger partial charge is 0.309 e. The van der Waals surface area contributed by atoms with Gasteiger partial charge in [0, 0.05) is 5.56 Å². The minimum absolute atomic E-state index is 0.0933. The minimum atomic E-state index is -1.12. The summed E-state index contributed by atoms with van der Waals surface area (Å²) in [5, 5.41) is 9.58. The van der Waals surface area contributed by atoms with Crippen LogP contribution in [0.25, 0.3) is 11.3 Å². The van der Waals surface area contributed by atoms with Crippen molar-refractivity contribution < 1.29 is 23.8 Å². The summed E-state index contributed by atoms with van der Waals surface area (Å²) in [6.07, 6.45) is 11.0. The zero-order valence-electron chi connectivity index (χ0n) is 33.1. The van der Waals surface area contributed by atoms with Gasteiger partial charge >= 0.3 is 11.9 Å². The fourth-order valence-corrected chi connectivity index (χ4v) is 13.0.